The van der Waals surface area contributed by atoms with Gasteiger partial charge >= 0.3 is 5.97 Å². The van der Waals surface area contributed by atoms with Gasteiger partial charge in [-0.25, -0.2) is 4.79 Å². The number of esters is 1. The van der Waals surface area contributed by atoms with Crippen molar-refractivity contribution in [2.24, 2.45) is 5.92 Å². The summed E-state index contributed by atoms with van der Waals surface area (Å²) in [5.41, 5.74) is 0.712. The van der Waals surface area contributed by atoms with Crippen molar-refractivity contribution in [3.8, 4) is 0 Å². The van der Waals surface area contributed by atoms with E-state index in [0.717, 1.165) is 0 Å². The molecule has 2 atom stereocenters. The molecule has 1 amide bonds. The number of hydrogen-bond donors (Lipinski definition) is 1. The van der Waals surface area contributed by atoms with Crippen LogP contribution in [0.5, 0.6) is 0 Å². The Morgan fingerprint density at radius 1 is 1.45 bits per heavy atom. The molecule has 120 valence electrons. The first-order valence-corrected chi connectivity index (χ1v) is 7.66. The number of nitrogens with one attached hydrogen (secondary N) is 1. The van der Waals surface area contributed by atoms with Crippen LogP contribution in [0, 0.1) is 5.92 Å². The van der Waals surface area contributed by atoms with Crippen molar-refractivity contribution < 1.29 is 19.1 Å². The van der Waals surface area contributed by atoms with E-state index in [-0.39, 0.29) is 18.2 Å². The van der Waals surface area contributed by atoms with Crippen molar-refractivity contribution in [3.63, 3.8) is 0 Å². The molecule has 1 aliphatic heterocycles. The molecule has 0 spiro atoms. The number of ether oxygens (including phenoxy) is 2. The molecule has 1 saturated heterocycles. The van der Waals surface area contributed by atoms with Gasteiger partial charge in [-0.05, 0) is 24.1 Å². The third-order valence-corrected chi connectivity index (χ3v) is 4.13. The average molecular weight is 346 g/mol. The highest BCUT2D eigenvalue weighted by Crippen LogP contribution is 2.22. The van der Waals surface area contributed by atoms with E-state index >= 15 is 0 Å². The topological polar surface area (TPSA) is 64.6 Å². The van der Waals surface area contributed by atoms with Crippen molar-refractivity contribution >= 4 is 35.1 Å². The lowest BCUT2D eigenvalue weighted by molar-refractivity contribution is -0.145. The molecule has 1 aliphatic rings. The lowest BCUT2D eigenvalue weighted by atomic mass is 10.0. The van der Waals surface area contributed by atoms with Crippen LogP contribution in [0.15, 0.2) is 18.2 Å². The molecule has 0 aromatic heterocycles. The fourth-order valence-electron chi connectivity index (χ4n) is 2.27. The predicted molar refractivity (Wildman–Crippen MR) is 83.0 cm³/mol. The van der Waals surface area contributed by atoms with Crippen molar-refractivity contribution in [1.29, 1.82) is 0 Å². The van der Waals surface area contributed by atoms with E-state index in [1.165, 1.54) is 7.11 Å². The molecule has 7 heteroatoms. The summed E-state index contributed by atoms with van der Waals surface area (Å²) in [6.07, 6.45) is 0.892. The SMILES string of the molecule is COC(=O)[C@H](Cc1ccc(Cl)cc1Cl)NC(=O)[C@H]1CCOC1. The summed E-state index contributed by atoms with van der Waals surface area (Å²) in [6.45, 7) is 0.936. The van der Waals surface area contributed by atoms with E-state index in [2.05, 4.69) is 5.32 Å². The molecule has 0 aliphatic carbocycles. The van der Waals surface area contributed by atoms with E-state index in [4.69, 9.17) is 32.7 Å². The van der Waals surface area contributed by atoms with Crippen LogP contribution in [0.2, 0.25) is 10.0 Å². The molecule has 0 unspecified atom stereocenters. The van der Waals surface area contributed by atoms with Crippen LogP contribution in [0.25, 0.3) is 0 Å². The highest BCUT2D eigenvalue weighted by atomic mass is 35.5. The molecule has 2 rings (SSSR count). The van der Waals surface area contributed by atoms with Gasteiger partial charge in [-0.1, -0.05) is 29.3 Å². The van der Waals surface area contributed by atoms with Crippen LogP contribution in [-0.2, 0) is 25.5 Å². The normalized spacial score (nSPS) is 18.8. The molecule has 1 aromatic rings. The van der Waals surface area contributed by atoms with E-state index in [1.807, 2.05) is 0 Å². The highest BCUT2D eigenvalue weighted by Gasteiger charge is 2.29. The van der Waals surface area contributed by atoms with Gasteiger partial charge < -0.3 is 14.8 Å². The minimum Gasteiger partial charge on any atom is -0.467 e. The Bertz CT molecular complexity index is 558. The van der Waals surface area contributed by atoms with Gasteiger partial charge in [0, 0.05) is 23.1 Å². The van der Waals surface area contributed by atoms with Crippen LogP contribution in [0.1, 0.15) is 12.0 Å². The summed E-state index contributed by atoms with van der Waals surface area (Å²) >= 11 is 12.0. The van der Waals surface area contributed by atoms with Crippen molar-refractivity contribution in [3.05, 3.63) is 33.8 Å². The molecule has 5 nitrogen and oxygen atoms in total. The summed E-state index contributed by atoms with van der Waals surface area (Å²) in [5, 5.41) is 3.67. The standard InChI is InChI=1S/C15H17Cl2NO4/c1-21-15(20)13(18-14(19)10-4-5-22-8-10)6-9-2-3-11(16)7-12(9)17/h2-3,7,10,13H,4-6,8H2,1H3,(H,18,19)/t10-,13-/m0/s1. The highest BCUT2D eigenvalue weighted by molar-refractivity contribution is 6.35. The first kappa shape index (κ1) is 17.1. The maximum absolute atomic E-state index is 12.2. The smallest absolute Gasteiger partial charge is 0.328 e. The Labute approximate surface area is 138 Å². The predicted octanol–water partition coefficient (Wildman–Crippen LogP) is 2.23. The number of hydrogen-bond acceptors (Lipinski definition) is 4. The molecule has 1 heterocycles. The summed E-state index contributed by atoms with van der Waals surface area (Å²) in [6, 6.07) is 4.21. The lowest BCUT2D eigenvalue weighted by Gasteiger charge is -2.19. The van der Waals surface area contributed by atoms with E-state index in [0.29, 0.717) is 35.2 Å². The summed E-state index contributed by atoms with van der Waals surface area (Å²) in [5.74, 6) is -0.955. The van der Waals surface area contributed by atoms with Crippen molar-refractivity contribution in [2.75, 3.05) is 20.3 Å². The third kappa shape index (κ3) is 4.35. The van der Waals surface area contributed by atoms with Crippen LogP contribution in [-0.4, -0.2) is 38.2 Å². The van der Waals surface area contributed by atoms with E-state index in [1.54, 1.807) is 18.2 Å². The molecule has 22 heavy (non-hydrogen) atoms. The first-order chi connectivity index (χ1) is 10.5. The summed E-state index contributed by atoms with van der Waals surface area (Å²) in [7, 11) is 1.28. The fourth-order valence-corrected chi connectivity index (χ4v) is 2.76. The third-order valence-electron chi connectivity index (χ3n) is 3.54. The number of methoxy groups -OCH3 is 1. The zero-order valence-corrected chi connectivity index (χ0v) is 13.6. The van der Waals surface area contributed by atoms with Crippen LogP contribution < -0.4 is 5.32 Å². The Kier molecular flexibility index (Phi) is 6.06. The zero-order valence-electron chi connectivity index (χ0n) is 12.1. The first-order valence-electron chi connectivity index (χ1n) is 6.91. The summed E-state index contributed by atoms with van der Waals surface area (Å²) < 4.78 is 9.94. The van der Waals surface area contributed by atoms with Gasteiger partial charge in [0.15, 0.2) is 0 Å². The molecular weight excluding hydrogens is 329 g/mol. The van der Waals surface area contributed by atoms with Crippen molar-refractivity contribution in [1.82, 2.24) is 5.32 Å². The quantitative estimate of drug-likeness (QED) is 0.831. The van der Waals surface area contributed by atoms with Gasteiger partial charge in [0.1, 0.15) is 6.04 Å². The molecule has 1 fully saturated rings. The molecule has 1 aromatic carbocycles. The average Bonchev–Trinajstić information content (AvgIpc) is 3.02. The molecular formula is C15H17Cl2NO4. The van der Waals surface area contributed by atoms with Gasteiger partial charge in [-0.2, -0.15) is 0 Å². The van der Waals surface area contributed by atoms with Gasteiger partial charge in [0.25, 0.3) is 0 Å². The van der Waals surface area contributed by atoms with Gasteiger partial charge in [0.05, 0.1) is 19.6 Å². The molecule has 0 bridgehead atoms. The van der Waals surface area contributed by atoms with Crippen LogP contribution in [0.4, 0.5) is 0 Å². The fraction of sp³-hybridized carbons (Fsp3) is 0.467. The Balaban J connectivity index is 2.08. The maximum Gasteiger partial charge on any atom is 0.328 e. The number of rotatable bonds is 5. The van der Waals surface area contributed by atoms with E-state index < -0.39 is 12.0 Å². The Morgan fingerprint density at radius 2 is 2.23 bits per heavy atom. The van der Waals surface area contributed by atoms with Gasteiger partial charge in [0.2, 0.25) is 5.91 Å². The van der Waals surface area contributed by atoms with Gasteiger partial charge in [-0.15, -0.1) is 0 Å². The second-order valence-corrected chi connectivity index (χ2v) is 5.93. The maximum atomic E-state index is 12.2. The summed E-state index contributed by atoms with van der Waals surface area (Å²) in [4.78, 5) is 24.1. The minimum absolute atomic E-state index is 0.210. The minimum atomic E-state index is -0.795. The number of amides is 1. The number of carbonyl (C=O) groups is 2. The number of carbonyl (C=O) groups excluding carboxylic acids is 2. The Hall–Kier alpha value is -1.30. The number of halogens is 2. The second kappa shape index (κ2) is 7.81. The van der Waals surface area contributed by atoms with Crippen LogP contribution in [0.3, 0.4) is 0 Å². The van der Waals surface area contributed by atoms with Gasteiger partial charge in [-0.3, -0.25) is 4.79 Å². The molecule has 0 saturated carbocycles. The van der Waals surface area contributed by atoms with Crippen molar-refractivity contribution in [2.45, 2.75) is 18.9 Å². The monoisotopic (exact) mass is 345 g/mol. The lowest BCUT2D eigenvalue weighted by Crippen LogP contribution is -2.45. The number of benzene rings is 1. The Morgan fingerprint density at radius 3 is 2.82 bits per heavy atom. The zero-order chi connectivity index (χ0) is 16.1. The molecule has 1 N–H and O–H groups in total. The van der Waals surface area contributed by atoms with E-state index in [9.17, 15) is 9.59 Å². The van der Waals surface area contributed by atoms with Crippen LogP contribution >= 0.6 is 23.2 Å². The molecule has 0 radical (unpaired) electrons. The second-order valence-electron chi connectivity index (χ2n) is 5.08. The largest absolute Gasteiger partial charge is 0.467 e.